The van der Waals surface area contributed by atoms with Crippen LogP contribution < -0.4 is 16.4 Å². The molecule has 2 unspecified atom stereocenters. The van der Waals surface area contributed by atoms with Gasteiger partial charge in [0.05, 0.1) is 50.3 Å². The summed E-state index contributed by atoms with van der Waals surface area (Å²) in [5, 5.41) is 14.3. The van der Waals surface area contributed by atoms with Crippen molar-refractivity contribution in [1.29, 1.82) is 0 Å². The zero-order valence-corrected chi connectivity index (χ0v) is 37.4. The molecule has 5 heterocycles. The normalized spacial score (nSPS) is 18.6. The molecule has 0 bridgehead atoms. The van der Waals surface area contributed by atoms with Crippen molar-refractivity contribution in [2.75, 3.05) is 39.3 Å². The van der Waals surface area contributed by atoms with Gasteiger partial charge in [-0.2, -0.15) is 0 Å². The molecule has 59 heavy (non-hydrogen) atoms. The van der Waals surface area contributed by atoms with Crippen LogP contribution in [0.5, 0.6) is 0 Å². The first-order valence-corrected chi connectivity index (χ1v) is 21.9. The first-order valence-electron chi connectivity index (χ1n) is 18.1. The molecule has 15 nitrogen and oxygen atoms in total. The Morgan fingerprint density at radius 1 is 0.780 bits per heavy atom. The fourth-order valence-corrected chi connectivity index (χ4v) is 9.37. The number of carboxylic acid groups (broad SMARTS) is 1. The van der Waals surface area contributed by atoms with E-state index in [2.05, 4.69) is 58.4 Å². The molecule has 0 radical (unpaired) electrons. The minimum atomic E-state index is -1.62. The maximum atomic E-state index is 12.0. The summed E-state index contributed by atoms with van der Waals surface area (Å²) < 4.78 is 19.9. The minimum absolute atomic E-state index is 0. The summed E-state index contributed by atoms with van der Waals surface area (Å²) in [7, 11) is 0. The van der Waals surface area contributed by atoms with Crippen LogP contribution in [0.3, 0.4) is 0 Å². The summed E-state index contributed by atoms with van der Waals surface area (Å²) in [6, 6.07) is 16.9. The Kier molecular flexibility index (Phi) is 17.5. The van der Waals surface area contributed by atoms with Gasteiger partial charge in [0.15, 0.2) is 0 Å². The first-order chi connectivity index (χ1) is 27.8. The number of aliphatic carboxylic acids is 1. The summed E-state index contributed by atoms with van der Waals surface area (Å²) in [4.78, 5) is 75.2. The number of carbonyl (C=O) groups is 6. The second-order valence-corrected chi connectivity index (χ2v) is 16.3. The van der Waals surface area contributed by atoms with E-state index in [1.54, 1.807) is 9.80 Å². The number of hydrogen-bond donors (Lipinski definition) is 4. The molecule has 0 aromatic heterocycles. The zero-order chi connectivity index (χ0) is 42.1. The van der Waals surface area contributed by atoms with Crippen LogP contribution in [-0.2, 0) is 55.7 Å². The van der Waals surface area contributed by atoms with Gasteiger partial charge in [0.2, 0.25) is 29.5 Å². The van der Waals surface area contributed by atoms with Gasteiger partial charge in [-0.15, -0.1) is 0 Å². The van der Waals surface area contributed by atoms with Gasteiger partial charge >= 0.3 is 28.5 Å². The second-order valence-electron chi connectivity index (χ2n) is 13.5. The number of halogens is 3. The number of fused-ring (bicyclic) bond motifs is 7. The molecule has 2 atom stereocenters. The standard InChI is InChI=1S/C13H15BrN2O3.C13H13BrN2O2.C13H11BrN2O2.CH4.O2Se/c14-10-3-1-2-9-8(10)4-5-16(12(17)7-15)11(9)6-13(18)19;2*14-10-3-1-2-9-8(10)4-5-16-11(9)6-12(17)15-7-13(16)18;;1-3-2/h1-3,11H,4-7,15H2,(H,18,19);1-3,11H,4-7H2,(H,15,17);1-3,6H,4-5,7H2,(H,15,17);1H4;. The van der Waals surface area contributed by atoms with E-state index in [1.165, 1.54) is 11.6 Å². The fraction of sp³-hybridized carbons (Fsp3) is 0.350. The number of amides is 5. The summed E-state index contributed by atoms with van der Waals surface area (Å²) in [6.45, 7) is 1.91. The number of carboxylic acids is 1. The number of nitrogens with two attached hydrogens (primary N) is 1. The van der Waals surface area contributed by atoms with Crippen molar-refractivity contribution >= 4 is 104 Å². The monoisotopic (exact) mass is 1070 g/mol. The average molecular weight is 1070 g/mol. The quantitative estimate of drug-likeness (QED) is 0.277. The van der Waals surface area contributed by atoms with Gasteiger partial charge in [0.1, 0.15) is 0 Å². The van der Waals surface area contributed by atoms with E-state index in [-0.39, 0.29) is 69.1 Å². The van der Waals surface area contributed by atoms with Crippen LogP contribution in [0.25, 0.3) is 5.70 Å². The molecular weight excluding hydrogens is 1030 g/mol. The van der Waals surface area contributed by atoms with E-state index in [9.17, 15) is 28.8 Å². The molecule has 0 saturated carbocycles. The number of nitrogens with zero attached hydrogens (tertiary/aromatic N) is 3. The van der Waals surface area contributed by atoms with E-state index in [0.29, 0.717) is 38.2 Å². The van der Waals surface area contributed by atoms with Crippen LogP contribution in [0.2, 0.25) is 0 Å². The molecule has 314 valence electrons. The Labute approximate surface area is 372 Å². The molecule has 3 aromatic rings. The topological polar surface area (TPSA) is 217 Å². The Bertz CT molecular complexity index is 2200. The third kappa shape index (κ3) is 11.3. The van der Waals surface area contributed by atoms with Gasteiger partial charge in [0.25, 0.3) is 0 Å². The van der Waals surface area contributed by atoms with Crippen LogP contribution in [0.15, 0.2) is 74.1 Å². The van der Waals surface area contributed by atoms with Crippen molar-refractivity contribution in [3.8, 4) is 0 Å². The van der Waals surface area contributed by atoms with Gasteiger partial charge < -0.3 is 36.2 Å². The van der Waals surface area contributed by atoms with Crippen molar-refractivity contribution in [3.05, 3.63) is 107 Å². The molecule has 5 amide bonds. The van der Waals surface area contributed by atoms with Crippen LogP contribution >= 0.6 is 47.8 Å². The molecule has 0 aliphatic carbocycles. The number of benzene rings is 3. The molecule has 5 aliphatic rings. The fourth-order valence-electron chi connectivity index (χ4n) is 7.65. The van der Waals surface area contributed by atoms with Crippen molar-refractivity contribution in [2.24, 2.45) is 5.73 Å². The van der Waals surface area contributed by atoms with Crippen molar-refractivity contribution in [2.45, 2.75) is 51.6 Å². The molecule has 3 aromatic carbocycles. The Balaban J connectivity index is 0.000000187. The third-order valence-corrected chi connectivity index (χ3v) is 12.5. The van der Waals surface area contributed by atoms with Crippen molar-refractivity contribution in [3.63, 3.8) is 0 Å². The van der Waals surface area contributed by atoms with Crippen LogP contribution in [0.4, 0.5) is 0 Å². The molecule has 5 N–H and O–H groups in total. The number of carbonyl (C=O) groups excluding carboxylic acids is 5. The predicted molar refractivity (Wildman–Crippen MR) is 228 cm³/mol. The van der Waals surface area contributed by atoms with Crippen LogP contribution in [0.1, 0.15) is 65.7 Å². The summed E-state index contributed by atoms with van der Waals surface area (Å²) in [5.74, 6) is -1.45. The Hall–Kier alpha value is -4.26. The van der Waals surface area contributed by atoms with Gasteiger partial charge in [0, 0.05) is 44.7 Å². The number of hydrogen-bond acceptors (Lipinski definition) is 9. The van der Waals surface area contributed by atoms with Crippen LogP contribution in [-0.4, -0.2) is 109 Å². The predicted octanol–water partition coefficient (Wildman–Crippen LogP) is 4.03. The summed E-state index contributed by atoms with van der Waals surface area (Å²) >= 11 is 8.91. The van der Waals surface area contributed by atoms with Gasteiger partial charge in [-0.3, -0.25) is 28.8 Å². The Morgan fingerprint density at radius 2 is 1.34 bits per heavy atom. The third-order valence-electron chi connectivity index (χ3n) is 10.2. The maximum absolute atomic E-state index is 12.0. The van der Waals surface area contributed by atoms with E-state index in [0.717, 1.165) is 54.1 Å². The van der Waals surface area contributed by atoms with E-state index in [1.807, 2.05) is 59.5 Å². The van der Waals surface area contributed by atoms with Gasteiger partial charge in [-0.05, 0) is 65.3 Å². The first kappa shape index (κ1) is 47.4. The average Bonchev–Trinajstić information content (AvgIpc) is 3.45. The Morgan fingerprint density at radius 3 is 1.98 bits per heavy atom. The van der Waals surface area contributed by atoms with Crippen LogP contribution in [0, 0.1) is 0 Å². The molecular formula is C40H43Br3N6O9Se. The molecule has 19 heteroatoms. The summed E-state index contributed by atoms with van der Waals surface area (Å²) in [6.07, 6.45) is 4.11. The molecule has 0 spiro atoms. The molecule has 1 fully saturated rings. The molecule has 1 saturated heterocycles. The van der Waals surface area contributed by atoms with E-state index in [4.69, 9.17) is 18.5 Å². The zero-order valence-electron chi connectivity index (χ0n) is 30.9. The SMILES string of the molecule is C.NCC(=O)N1CCc2c(Br)cccc2C1CC(=O)O.O=C1C=C2c3cccc(Br)c3CCN2C(=O)CN1.O=C1CC2c3cccc(Br)c3CCN2C(=O)CN1.O=[Se]=O. The van der Waals surface area contributed by atoms with E-state index >= 15 is 0 Å². The number of rotatable bonds is 3. The van der Waals surface area contributed by atoms with Gasteiger partial charge in [-0.1, -0.05) is 91.6 Å². The molecule has 8 rings (SSSR count). The molecule has 5 aliphatic heterocycles. The van der Waals surface area contributed by atoms with Crippen molar-refractivity contribution in [1.82, 2.24) is 25.3 Å². The van der Waals surface area contributed by atoms with Crippen molar-refractivity contribution < 1.29 is 41.5 Å². The van der Waals surface area contributed by atoms with Gasteiger partial charge in [-0.25, -0.2) is 0 Å². The summed E-state index contributed by atoms with van der Waals surface area (Å²) in [5.41, 5.74) is 12.5. The second kappa shape index (κ2) is 21.8. The number of nitrogens with one attached hydrogen (secondary N) is 2. The van der Waals surface area contributed by atoms with E-state index < -0.39 is 26.8 Å².